The predicted molar refractivity (Wildman–Crippen MR) is 114 cm³/mol. The smallest absolute Gasteiger partial charge is 0.191 e. The highest BCUT2D eigenvalue weighted by molar-refractivity contribution is 14.0. The lowest BCUT2D eigenvalue weighted by Crippen LogP contribution is -2.51. The molecule has 0 spiro atoms. The summed E-state index contributed by atoms with van der Waals surface area (Å²) in [5.41, 5.74) is 0. The number of rotatable bonds is 8. The highest BCUT2D eigenvalue weighted by Gasteiger charge is 2.22. The number of ether oxygens (including phenoxy) is 2. The third kappa shape index (κ3) is 8.88. The van der Waals surface area contributed by atoms with E-state index in [1.54, 1.807) is 0 Å². The Hall–Kier alpha value is -0.120. The lowest BCUT2D eigenvalue weighted by atomic mass is 10.0. The summed E-state index contributed by atoms with van der Waals surface area (Å²) in [6, 6.07) is 0.533. The second kappa shape index (κ2) is 13.1. The van der Waals surface area contributed by atoms with Crippen LogP contribution in [0.4, 0.5) is 0 Å². The van der Waals surface area contributed by atoms with E-state index in [-0.39, 0.29) is 24.0 Å². The van der Waals surface area contributed by atoms with E-state index >= 15 is 0 Å². The Morgan fingerprint density at radius 3 is 2.56 bits per heavy atom. The monoisotopic (exact) mass is 468 g/mol. The highest BCUT2D eigenvalue weighted by Crippen LogP contribution is 2.14. The van der Waals surface area contributed by atoms with Crippen molar-refractivity contribution in [3.05, 3.63) is 0 Å². The number of guanidine groups is 1. The third-order valence-electron chi connectivity index (χ3n) is 4.82. The topological polar surface area (TPSA) is 58.1 Å². The van der Waals surface area contributed by atoms with Gasteiger partial charge in [0.1, 0.15) is 0 Å². The van der Waals surface area contributed by atoms with Gasteiger partial charge in [0.2, 0.25) is 0 Å². The van der Waals surface area contributed by atoms with Crippen molar-refractivity contribution in [3.8, 4) is 0 Å². The highest BCUT2D eigenvalue weighted by atomic mass is 127. The molecule has 0 aromatic carbocycles. The molecule has 0 aromatic rings. The zero-order valence-corrected chi connectivity index (χ0v) is 18.5. The molecule has 2 aliphatic rings. The molecule has 2 saturated heterocycles. The van der Waals surface area contributed by atoms with Crippen molar-refractivity contribution >= 4 is 29.9 Å². The van der Waals surface area contributed by atoms with Gasteiger partial charge < -0.3 is 20.1 Å². The third-order valence-corrected chi connectivity index (χ3v) is 4.82. The molecule has 2 rings (SSSR count). The van der Waals surface area contributed by atoms with Gasteiger partial charge in [0.15, 0.2) is 5.96 Å². The molecule has 25 heavy (non-hydrogen) atoms. The SMILES string of the molecule is CN=C(NCCC1CCCO1)NCC(CC(C)C)N1CCOCC1.I. The summed E-state index contributed by atoms with van der Waals surface area (Å²) < 4.78 is 11.2. The molecule has 2 atom stereocenters. The normalized spacial score (nSPS) is 23.4. The van der Waals surface area contributed by atoms with Gasteiger partial charge in [0, 0.05) is 45.9 Å². The molecule has 2 aliphatic heterocycles. The fourth-order valence-corrected chi connectivity index (χ4v) is 3.51. The van der Waals surface area contributed by atoms with Crippen LogP contribution in [-0.4, -0.2) is 76.1 Å². The standard InChI is InChI=1S/C18H36N4O2.HI/c1-15(2)13-16(22-8-11-23-12-9-22)14-21-18(19-3)20-7-6-17-5-4-10-24-17;/h15-17H,4-14H2,1-3H3,(H2,19,20,21);1H. The summed E-state index contributed by atoms with van der Waals surface area (Å²) in [6.07, 6.45) is 5.08. The van der Waals surface area contributed by atoms with Gasteiger partial charge in [-0.1, -0.05) is 13.8 Å². The van der Waals surface area contributed by atoms with Gasteiger partial charge in [-0.05, 0) is 31.6 Å². The lowest BCUT2D eigenvalue weighted by molar-refractivity contribution is 0.0132. The van der Waals surface area contributed by atoms with E-state index in [4.69, 9.17) is 9.47 Å². The first-order valence-electron chi connectivity index (χ1n) is 9.57. The van der Waals surface area contributed by atoms with Crippen LogP contribution in [-0.2, 0) is 9.47 Å². The quantitative estimate of drug-likeness (QED) is 0.325. The minimum atomic E-state index is 0. The van der Waals surface area contributed by atoms with Gasteiger partial charge in [-0.25, -0.2) is 0 Å². The first-order valence-corrected chi connectivity index (χ1v) is 9.57. The molecule has 2 unspecified atom stereocenters. The van der Waals surface area contributed by atoms with Crippen LogP contribution in [0.5, 0.6) is 0 Å². The Bertz CT molecular complexity index is 370. The summed E-state index contributed by atoms with van der Waals surface area (Å²) in [5, 5.41) is 6.94. The lowest BCUT2D eigenvalue weighted by Gasteiger charge is -2.35. The van der Waals surface area contributed by atoms with Gasteiger partial charge in [-0.15, -0.1) is 24.0 Å². The van der Waals surface area contributed by atoms with E-state index in [9.17, 15) is 0 Å². The Morgan fingerprint density at radius 1 is 1.20 bits per heavy atom. The van der Waals surface area contributed by atoms with Crippen molar-refractivity contribution in [2.45, 2.75) is 51.7 Å². The molecule has 2 fully saturated rings. The Labute approximate surface area is 170 Å². The van der Waals surface area contributed by atoms with Crippen molar-refractivity contribution in [3.63, 3.8) is 0 Å². The molecule has 6 nitrogen and oxygen atoms in total. The molecule has 0 bridgehead atoms. The average Bonchev–Trinajstić information content (AvgIpc) is 3.10. The van der Waals surface area contributed by atoms with Gasteiger partial charge in [-0.2, -0.15) is 0 Å². The number of hydrogen-bond donors (Lipinski definition) is 2. The Morgan fingerprint density at radius 2 is 1.96 bits per heavy atom. The van der Waals surface area contributed by atoms with Crippen molar-refractivity contribution in [2.75, 3.05) is 53.0 Å². The molecule has 2 N–H and O–H groups in total. The maximum atomic E-state index is 5.67. The van der Waals surface area contributed by atoms with Crippen LogP contribution in [0.1, 0.15) is 39.5 Å². The van der Waals surface area contributed by atoms with Crippen LogP contribution in [0.2, 0.25) is 0 Å². The summed E-state index contributed by atoms with van der Waals surface area (Å²) in [6.45, 7) is 11.1. The molecule has 0 radical (unpaired) electrons. The fraction of sp³-hybridized carbons (Fsp3) is 0.944. The molecular weight excluding hydrogens is 431 g/mol. The van der Waals surface area contributed by atoms with Crippen LogP contribution < -0.4 is 10.6 Å². The fourth-order valence-electron chi connectivity index (χ4n) is 3.51. The molecule has 0 amide bonds. The van der Waals surface area contributed by atoms with Crippen molar-refractivity contribution in [1.82, 2.24) is 15.5 Å². The van der Waals surface area contributed by atoms with Gasteiger partial charge in [0.05, 0.1) is 19.3 Å². The zero-order valence-electron chi connectivity index (χ0n) is 16.1. The maximum Gasteiger partial charge on any atom is 0.191 e. The van der Waals surface area contributed by atoms with E-state index in [2.05, 4.69) is 34.4 Å². The Balaban J connectivity index is 0.00000312. The van der Waals surface area contributed by atoms with Crippen molar-refractivity contribution < 1.29 is 9.47 Å². The van der Waals surface area contributed by atoms with Gasteiger partial charge >= 0.3 is 0 Å². The number of halogens is 1. The summed E-state index contributed by atoms with van der Waals surface area (Å²) in [5.74, 6) is 1.59. The summed E-state index contributed by atoms with van der Waals surface area (Å²) in [7, 11) is 1.84. The minimum Gasteiger partial charge on any atom is -0.379 e. The summed E-state index contributed by atoms with van der Waals surface area (Å²) in [4.78, 5) is 6.91. The number of nitrogens with zero attached hydrogens (tertiary/aromatic N) is 2. The van der Waals surface area contributed by atoms with Crippen LogP contribution in [0.15, 0.2) is 4.99 Å². The first-order chi connectivity index (χ1) is 11.7. The average molecular weight is 468 g/mol. The van der Waals surface area contributed by atoms with Gasteiger partial charge in [0.25, 0.3) is 0 Å². The summed E-state index contributed by atoms with van der Waals surface area (Å²) >= 11 is 0. The van der Waals surface area contributed by atoms with Gasteiger partial charge in [-0.3, -0.25) is 9.89 Å². The van der Waals surface area contributed by atoms with E-state index < -0.39 is 0 Å². The second-order valence-corrected chi connectivity index (χ2v) is 7.24. The van der Waals surface area contributed by atoms with Crippen LogP contribution in [0.25, 0.3) is 0 Å². The molecule has 0 aliphatic carbocycles. The van der Waals surface area contributed by atoms with Crippen LogP contribution in [0, 0.1) is 5.92 Å². The minimum absolute atomic E-state index is 0. The number of aliphatic imine (C=N–C) groups is 1. The predicted octanol–water partition coefficient (Wildman–Crippen LogP) is 2.09. The second-order valence-electron chi connectivity index (χ2n) is 7.24. The number of hydrogen-bond acceptors (Lipinski definition) is 4. The maximum absolute atomic E-state index is 5.67. The first kappa shape index (κ1) is 22.9. The number of morpholine rings is 1. The molecule has 7 heteroatoms. The Kier molecular flexibility index (Phi) is 12.0. The van der Waals surface area contributed by atoms with Crippen molar-refractivity contribution in [1.29, 1.82) is 0 Å². The van der Waals surface area contributed by atoms with E-state index in [0.29, 0.717) is 18.1 Å². The molecule has 0 aromatic heterocycles. The molecule has 148 valence electrons. The largest absolute Gasteiger partial charge is 0.379 e. The van der Waals surface area contributed by atoms with E-state index in [1.165, 1.54) is 19.3 Å². The van der Waals surface area contributed by atoms with E-state index in [0.717, 1.165) is 58.4 Å². The van der Waals surface area contributed by atoms with E-state index in [1.807, 2.05) is 7.05 Å². The molecule has 0 saturated carbocycles. The van der Waals surface area contributed by atoms with Crippen molar-refractivity contribution in [2.24, 2.45) is 10.9 Å². The number of nitrogens with one attached hydrogen (secondary N) is 2. The van der Waals surface area contributed by atoms with Crippen LogP contribution in [0.3, 0.4) is 0 Å². The van der Waals surface area contributed by atoms with Crippen LogP contribution >= 0.6 is 24.0 Å². The zero-order chi connectivity index (χ0) is 17.2. The molecule has 2 heterocycles. The molecular formula is C18H37IN4O2.